The second-order valence-corrected chi connectivity index (χ2v) is 28.8. The fourth-order valence-electron chi connectivity index (χ4n) is 13.0. The number of amides is 1. The van der Waals surface area contributed by atoms with Crippen molar-refractivity contribution in [3.63, 3.8) is 0 Å². The predicted molar refractivity (Wildman–Crippen MR) is 298 cm³/mol. The van der Waals surface area contributed by atoms with Gasteiger partial charge in [0.15, 0.2) is 64.2 Å². The van der Waals surface area contributed by atoms with E-state index in [1.54, 1.807) is 0 Å². The molecule has 0 saturated carbocycles. The Bertz CT molecular complexity index is 3860. The van der Waals surface area contributed by atoms with Crippen LogP contribution in [-0.4, -0.2) is 105 Å². The van der Waals surface area contributed by atoms with Gasteiger partial charge in [-0.2, -0.15) is 0 Å². The van der Waals surface area contributed by atoms with Crippen LogP contribution < -0.4 is 19.5 Å². The van der Waals surface area contributed by atoms with Gasteiger partial charge in [-0.15, -0.1) is 0 Å². The number of hydrogen-bond donors (Lipinski definition) is 1. The Morgan fingerprint density at radius 3 is 1.28 bits per heavy atom. The first-order chi connectivity index (χ1) is 39.4. The maximum absolute atomic E-state index is 15.1. The van der Waals surface area contributed by atoms with Crippen molar-refractivity contribution in [2.24, 2.45) is 0 Å². The highest BCUT2D eigenvalue weighted by atomic mass is 35.5. The van der Waals surface area contributed by atoms with Crippen LogP contribution in [0.2, 0.25) is 15.1 Å². The average Bonchev–Trinajstić information content (AvgIpc) is 0.965. The Kier molecular flexibility index (Phi) is 16.8. The van der Waals surface area contributed by atoms with E-state index in [0.717, 1.165) is 36.4 Å². The Labute approximate surface area is 491 Å². The minimum atomic E-state index is -4.26. The summed E-state index contributed by atoms with van der Waals surface area (Å²) in [5.41, 5.74) is -0.776. The molecule has 6 aliphatic rings. The molecular weight excluding hydrogens is 1220 g/mol. The van der Waals surface area contributed by atoms with Crippen LogP contribution in [0.3, 0.4) is 0 Å². The molecule has 25 heteroatoms. The van der Waals surface area contributed by atoms with Crippen molar-refractivity contribution in [2.75, 3.05) is 46.0 Å². The van der Waals surface area contributed by atoms with Crippen molar-refractivity contribution in [1.29, 1.82) is 0 Å². The molecule has 6 atom stereocenters. The molecule has 0 aromatic heterocycles. The normalized spacial score (nSPS) is 24.6. The molecule has 6 aromatic rings. The molecule has 3 fully saturated rings. The lowest BCUT2D eigenvalue weighted by Gasteiger charge is -2.51. The molecule has 1 amide bonds. The Morgan fingerprint density at radius 1 is 0.506 bits per heavy atom. The first kappa shape index (κ1) is 60.5. The first-order valence-corrected chi connectivity index (χ1v) is 32.1. The average molecular weight is 1270 g/mol. The Hall–Kier alpha value is -5.59. The van der Waals surface area contributed by atoms with Crippen molar-refractivity contribution < 1.29 is 70.6 Å². The molecule has 6 heterocycles. The van der Waals surface area contributed by atoms with Gasteiger partial charge in [-0.25, -0.2) is 51.6 Å². The SMILES string of the molecule is CC(=O)N1CCC[C@]2(S(=O)(=O)c3ccc(Cl)cc3)c3c(F)ccc(F)c3OC[C@H]12.CCN1CCC[C@]2(S(=O)(=O)c3ccc(Cl)cc3)c3c(F)ccc(F)c3OC[C@H]12.O=S(=O)(c1ccc(Cl)cc1)[C@]12CCCN[C@H]1COc1c(F)ccc(F)c12. The monoisotopic (exact) mass is 1270 g/mol. The summed E-state index contributed by atoms with van der Waals surface area (Å²) in [7, 11) is -12.4. The summed E-state index contributed by atoms with van der Waals surface area (Å²) in [6, 6.07) is 20.4. The molecule has 3 saturated heterocycles. The maximum Gasteiger partial charge on any atom is 0.219 e. The summed E-state index contributed by atoms with van der Waals surface area (Å²) in [6.45, 7) is 5.07. The van der Waals surface area contributed by atoms with Crippen LogP contribution in [0.4, 0.5) is 26.3 Å². The lowest BCUT2D eigenvalue weighted by molar-refractivity contribution is -0.135. The summed E-state index contributed by atoms with van der Waals surface area (Å²) in [4.78, 5) is 15.6. The number of sulfone groups is 3. The minimum Gasteiger partial charge on any atom is -0.488 e. The second kappa shape index (κ2) is 23.0. The van der Waals surface area contributed by atoms with E-state index in [-0.39, 0.29) is 87.9 Å². The van der Waals surface area contributed by atoms with Gasteiger partial charge in [0, 0.05) is 28.5 Å². The summed E-state index contributed by atoms with van der Waals surface area (Å²) in [6.07, 6.45) is 1.77. The zero-order valence-electron chi connectivity index (χ0n) is 44.4. The van der Waals surface area contributed by atoms with Crippen molar-refractivity contribution in [3.05, 3.63) is 176 Å². The third-order valence-corrected chi connectivity index (χ3v) is 25.1. The van der Waals surface area contributed by atoms with Gasteiger partial charge in [0.1, 0.15) is 51.5 Å². The smallest absolute Gasteiger partial charge is 0.219 e. The number of ether oxygens (including phenoxy) is 3. The highest BCUT2D eigenvalue weighted by Crippen LogP contribution is 2.56. The van der Waals surface area contributed by atoms with Gasteiger partial charge in [-0.1, -0.05) is 41.7 Å². The van der Waals surface area contributed by atoms with Gasteiger partial charge in [-0.05, 0) is 167 Å². The van der Waals surface area contributed by atoms with Gasteiger partial charge >= 0.3 is 0 Å². The first-order valence-electron chi connectivity index (χ1n) is 26.5. The van der Waals surface area contributed by atoms with E-state index in [4.69, 9.17) is 49.0 Å². The van der Waals surface area contributed by atoms with Gasteiger partial charge in [0.25, 0.3) is 0 Å². The molecule has 6 aliphatic heterocycles. The fourth-order valence-corrected chi connectivity index (χ4v) is 20.4. The molecule has 0 spiro atoms. The number of fused-ring (bicyclic) bond motifs is 9. The molecule has 13 nitrogen and oxygen atoms in total. The minimum absolute atomic E-state index is 0.0198. The lowest BCUT2D eigenvalue weighted by Crippen LogP contribution is -2.64. The van der Waals surface area contributed by atoms with E-state index in [2.05, 4.69) is 5.32 Å². The quantitative estimate of drug-likeness (QED) is 0.151. The Balaban J connectivity index is 0.000000139. The molecule has 0 radical (unpaired) electrons. The standard InChI is InChI=1S/C20H18ClF2NO4S.C20H20ClF2NO3S.C18H16ClF2NO3S/c1-12(25)24-10-2-9-20(29(26,27)14-5-3-13(21)4-6-14)17(24)11-28-19-16(23)8-7-15(22)18(19)20;1-2-24-11-3-10-20(28(25,26)14-6-4-13(21)5-7-14)17(24)12-27-19-16(23)9-8-15(22)18(19)20;19-11-2-4-12(5-3-11)26(23,24)18-8-1-9-22-15(18)10-25-17-14(21)7-6-13(20)16(17)18/h3-8,17H,2,9-11H2,1H3;4-9,17H,2-3,10-12H2,1H3;2-7,15,22H,1,8-10H2/t2*17-,20+;15-,18+/m000/s1. The van der Waals surface area contributed by atoms with E-state index >= 15 is 8.78 Å². The van der Waals surface area contributed by atoms with Crippen LogP contribution in [-0.2, 0) is 48.5 Å². The molecule has 0 bridgehead atoms. The summed E-state index contributed by atoms with van der Waals surface area (Å²) in [5, 5.41) is 4.25. The van der Waals surface area contributed by atoms with Gasteiger partial charge in [0.2, 0.25) is 5.91 Å². The van der Waals surface area contributed by atoms with Crippen LogP contribution >= 0.6 is 34.8 Å². The number of piperidine rings is 3. The third kappa shape index (κ3) is 9.83. The second-order valence-electron chi connectivity index (χ2n) is 20.9. The van der Waals surface area contributed by atoms with Crippen LogP contribution in [0.5, 0.6) is 17.2 Å². The highest BCUT2D eigenvalue weighted by Gasteiger charge is 2.63. The van der Waals surface area contributed by atoms with E-state index in [9.17, 15) is 47.6 Å². The van der Waals surface area contributed by atoms with Gasteiger partial charge in [0.05, 0.1) is 49.5 Å². The number of likely N-dealkylation sites (tertiary alicyclic amines) is 2. The summed E-state index contributed by atoms with van der Waals surface area (Å²) in [5.74, 6) is -6.18. The zero-order chi connectivity index (χ0) is 59.6. The molecule has 12 rings (SSSR count). The van der Waals surface area contributed by atoms with E-state index in [1.165, 1.54) is 84.6 Å². The summed E-state index contributed by atoms with van der Waals surface area (Å²) < 4.78 is 183. The third-order valence-electron chi connectivity index (χ3n) is 16.7. The Morgan fingerprint density at radius 2 is 0.855 bits per heavy atom. The van der Waals surface area contributed by atoms with Crippen LogP contribution in [0, 0.1) is 34.9 Å². The molecular formula is C58H54Cl3F6N3O10S3. The number of carbonyl (C=O) groups excluding carboxylic acids is 1. The number of likely N-dealkylation sites (N-methyl/N-ethyl adjacent to an activating group) is 1. The molecule has 0 aliphatic carbocycles. The molecule has 83 heavy (non-hydrogen) atoms. The lowest BCUT2D eigenvalue weighted by atomic mass is 9.80. The number of benzene rings is 6. The van der Waals surface area contributed by atoms with E-state index < -0.39 is 103 Å². The van der Waals surface area contributed by atoms with E-state index in [0.29, 0.717) is 60.5 Å². The topological polar surface area (TPSA) is 166 Å². The van der Waals surface area contributed by atoms with Crippen LogP contribution in [0.15, 0.2) is 124 Å². The number of nitrogens with one attached hydrogen (secondary N) is 1. The highest BCUT2D eigenvalue weighted by molar-refractivity contribution is 7.93. The number of hydrogen-bond acceptors (Lipinski definition) is 12. The van der Waals surface area contributed by atoms with Gasteiger partial charge < -0.3 is 24.4 Å². The molecule has 1 N–H and O–H groups in total. The molecule has 442 valence electrons. The van der Waals surface area contributed by atoms with Crippen LogP contribution in [0.25, 0.3) is 0 Å². The van der Waals surface area contributed by atoms with Crippen molar-refractivity contribution in [2.45, 2.75) is 99.4 Å². The molecule has 0 unspecified atom stereocenters. The summed E-state index contributed by atoms with van der Waals surface area (Å²) >= 11 is 17.7. The number of carbonyl (C=O) groups is 1. The largest absolute Gasteiger partial charge is 0.488 e. The number of nitrogens with zero attached hydrogens (tertiary/aromatic N) is 2. The zero-order valence-corrected chi connectivity index (χ0v) is 49.1. The van der Waals surface area contributed by atoms with Crippen LogP contribution in [0.1, 0.15) is 69.1 Å². The predicted octanol–water partition coefficient (Wildman–Crippen LogP) is 11.3. The number of halogens is 9. The van der Waals surface area contributed by atoms with Crippen molar-refractivity contribution in [3.8, 4) is 17.2 Å². The van der Waals surface area contributed by atoms with Crippen molar-refractivity contribution in [1.82, 2.24) is 15.1 Å². The van der Waals surface area contributed by atoms with E-state index in [1.807, 2.05) is 11.8 Å². The molecule has 6 aromatic carbocycles. The fraction of sp³-hybridized carbons (Fsp3) is 0.362. The van der Waals surface area contributed by atoms with Gasteiger partial charge in [-0.3, -0.25) is 9.69 Å². The number of rotatable bonds is 7. The maximum atomic E-state index is 15.1. The van der Waals surface area contributed by atoms with Crippen molar-refractivity contribution >= 4 is 70.2 Å².